The number of nitrogens with zero attached hydrogens (tertiary/aromatic N) is 2. The van der Waals surface area contributed by atoms with Gasteiger partial charge in [-0.15, -0.1) is 0 Å². The Hall–Kier alpha value is -3.11. The molecule has 4 rings (SSSR count). The van der Waals surface area contributed by atoms with Crippen molar-refractivity contribution < 1.29 is 18.7 Å². The first-order valence-electron chi connectivity index (χ1n) is 9.71. The SMILES string of the molecule is N#Cc1ccc(OC2CCN(C(=O)NC3COCc4ccccc43)CC2)c(F)c1. The lowest BCUT2D eigenvalue weighted by molar-refractivity contribution is 0.0768. The molecule has 2 aromatic carbocycles. The number of carbonyl (C=O) groups excluding carboxylic acids is 1. The second kappa shape index (κ2) is 8.50. The molecule has 0 radical (unpaired) electrons. The van der Waals surface area contributed by atoms with Crippen LogP contribution in [-0.2, 0) is 11.3 Å². The lowest BCUT2D eigenvalue weighted by Crippen LogP contribution is -2.48. The number of amides is 2. The van der Waals surface area contributed by atoms with Gasteiger partial charge in [-0.25, -0.2) is 9.18 Å². The van der Waals surface area contributed by atoms with Crippen molar-refractivity contribution in [3.63, 3.8) is 0 Å². The van der Waals surface area contributed by atoms with Crippen LogP contribution in [0.15, 0.2) is 42.5 Å². The summed E-state index contributed by atoms with van der Waals surface area (Å²) in [6.45, 7) is 2.09. The molecule has 2 aliphatic rings. The van der Waals surface area contributed by atoms with Gasteiger partial charge in [0, 0.05) is 25.9 Å². The van der Waals surface area contributed by atoms with E-state index in [1.807, 2.05) is 30.3 Å². The van der Waals surface area contributed by atoms with Gasteiger partial charge in [-0.3, -0.25) is 0 Å². The number of nitriles is 1. The summed E-state index contributed by atoms with van der Waals surface area (Å²) in [5.74, 6) is -0.400. The molecule has 0 bridgehead atoms. The predicted octanol–water partition coefficient (Wildman–Crippen LogP) is 3.52. The standard InChI is InChI=1S/C22H22FN3O3/c23-19-11-15(12-24)5-6-21(19)29-17-7-9-26(10-8-17)22(27)25-20-14-28-13-16-3-1-2-4-18(16)20/h1-6,11,17,20H,7-10,13-14H2,(H,25,27). The number of urea groups is 1. The summed E-state index contributed by atoms with van der Waals surface area (Å²) in [6, 6.07) is 13.8. The number of piperidine rings is 1. The van der Waals surface area contributed by atoms with E-state index >= 15 is 0 Å². The first-order chi connectivity index (χ1) is 14.1. The van der Waals surface area contributed by atoms with Crippen LogP contribution in [-0.4, -0.2) is 36.7 Å². The molecule has 1 N–H and O–H groups in total. The van der Waals surface area contributed by atoms with Crippen molar-refractivity contribution >= 4 is 6.03 Å². The fraction of sp³-hybridized carbons (Fsp3) is 0.364. The lowest BCUT2D eigenvalue weighted by atomic mass is 9.99. The van der Waals surface area contributed by atoms with Crippen LogP contribution < -0.4 is 10.1 Å². The zero-order valence-corrected chi connectivity index (χ0v) is 15.9. The summed E-state index contributed by atoms with van der Waals surface area (Å²) >= 11 is 0. The minimum absolute atomic E-state index is 0.127. The zero-order valence-electron chi connectivity index (χ0n) is 15.9. The monoisotopic (exact) mass is 395 g/mol. The number of halogens is 1. The molecule has 0 aliphatic carbocycles. The maximum Gasteiger partial charge on any atom is 0.317 e. The molecule has 2 aliphatic heterocycles. The summed E-state index contributed by atoms with van der Waals surface area (Å²) in [7, 11) is 0. The molecular weight excluding hydrogens is 373 g/mol. The van der Waals surface area contributed by atoms with Crippen LogP contribution in [0, 0.1) is 17.1 Å². The normalized spacial score (nSPS) is 19.2. The van der Waals surface area contributed by atoms with Gasteiger partial charge in [-0.05, 0) is 29.3 Å². The Morgan fingerprint density at radius 2 is 2.03 bits per heavy atom. The number of hydrogen-bond acceptors (Lipinski definition) is 4. The van der Waals surface area contributed by atoms with Crippen LogP contribution in [0.4, 0.5) is 9.18 Å². The van der Waals surface area contributed by atoms with E-state index in [0.29, 0.717) is 39.1 Å². The van der Waals surface area contributed by atoms with Crippen molar-refractivity contribution in [2.75, 3.05) is 19.7 Å². The van der Waals surface area contributed by atoms with Crippen LogP contribution in [0.1, 0.15) is 35.6 Å². The summed E-state index contributed by atoms with van der Waals surface area (Å²) in [4.78, 5) is 14.4. The highest BCUT2D eigenvalue weighted by molar-refractivity contribution is 5.75. The van der Waals surface area contributed by atoms with Gasteiger partial charge in [0.25, 0.3) is 0 Å². The number of nitrogens with one attached hydrogen (secondary N) is 1. The fourth-order valence-corrected chi connectivity index (χ4v) is 3.76. The third-order valence-corrected chi connectivity index (χ3v) is 5.35. The molecule has 6 nitrogen and oxygen atoms in total. The largest absolute Gasteiger partial charge is 0.487 e. The van der Waals surface area contributed by atoms with Crippen molar-refractivity contribution in [3.05, 3.63) is 65.0 Å². The zero-order chi connectivity index (χ0) is 20.2. The minimum atomic E-state index is -0.541. The number of rotatable bonds is 3. The average Bonchev–Trinajstić information content (AvgIpc) is 2.76. The third-order valence-electron chi connectivity index (χ3n) is 5.35. The van der Waals surface area contributed by atoms with Gasteiger partial charge < -0.3 is 19.7 Å². The number of hydrogen-bond donors (Lipinski definition) is 1. The summed E-state index contributed by atoms with van der Waals surface area (Å²) in [6.07, 6.45) is 1.06. The molecule has 0 saturated carbocycles. The number of fused-ring (bicyclic) bond motifs is 1. The van der Waals surface area contributed by atoms with Crippen LogP contribution in [0.25, 0.3) is 0 Å². The number of carbonyl (C=O) groups is 1. The molecule has 2 aromatic rings. The van der Waals surface area contributed by atoms with Gasteiger partial charge in [0.05, 0.1) is 30.9 Å². The van der Waals surface area contributed by atoms with Crippen molar-refractivity contribution in [2.45, 2.75) is 31.6 Å². The molecule has 7 heteroatoms. The number of ether oxygens (including phenoxy) is 2. The van der Waals surface area contributed by atoms with Crippen molar-refractivity contribution in [1.82, 2.24) is 10.2 Å². The molecule has 0 spiro atoms. The van der Waals surface area contributed by atoms with Gasteiger partial charge in [-0.1, -0.05) is 24.3 Å². The van der Waals surface area contributed by atoms with E-state index in [4.69, 9.17) is 14.7 Å². The Morgan fingerprint density at radius 1 is 1.24 bits per heavy atom. The van der Waals surface area contributed by atoms with Crippen LogP contribution >= 0.6 is 0 Å². The summed E-state index contributed by atoms with van der Waals surface area (Å²) in [5.41, 5.74) is 2.46. The molecule has 2 amide bonds. The van der Waals surface area contributed by atoms with Gasteiger partial charge in [0.1, 0.15) is 6.10 Å². The first kappa shape index (κ1) is 19.2. The van der Waals surface area contributed by atoms with E-state index in [1.54, 1.807) is 4.90 Å². The van der Waals surface area contributed by atoms with E-state index in [9.17, 15) is 9.18 Å². The minimum Gasteiger partial charge on any atom is -0.487 e. The quantitative estimate of drug-likeness (QED) is 0.863. The van der Waals surface area contributed by atoms with Gasteiger partial charge in [0.2, 0.25) is 0 Å². The molecule has 1 fully saturated rings. The van der Waals surface area contributed by atoms with E-state index in [-0.39, 0.29) is 29.5 Å². The average molecular weight is 395 g/mol. The lowest BCUT2D eigenvalue weighted by Gasteiger charge is -2.34. The van der Waals surface area contributed by atoms with Gasteiger partial charge in [0.15, 0.2) is 11.6 Å². The maximum atomic E-state index is 14.0. The van der Waals surface area contributed by atoms with Crippen LogP contribution in [0.2, 0.25) is 0 Å². The topological polar surface area (TPSA) is 74.6 Å². The smallest absolute Gasteiger partial charge is 0.317 e. The number of benzene rings is 2. The van der Waals surface area contributed by atoms with Gasteiger partial charge >= 0.3 is 6.03 Å². The van der Waals surface area contributed by atoms with Crippen molar-refractivity contribution in [2.24, 2.45) is 0 Å². The molecule has 1 saturated heterocycles. The van der Waals surface area contributed by atoms with E-state index in [0.717, 1.165) is 11.1 Å². The second-order valence-corrected chi connectivity index (χ2v) is 7.28. The van der Waals surface area contributed by atoms with E-state index in [1.165, 1.54) is 18.2 Å². The highest BCUT2D eigenvalue weighted by Gasteiger charge is 2.28. The molecule has 0 aromatic heterocycles. The summed E-state index contributed by atoms with van der Waals surface area (Å²) < 4.78 is 25.4. The molecule has 1 atom stereocenters. The van der Waals surface area contributed by atoms with Crippen molar-refractivity contribution in [1.29, 1.82) is 5.26 Å². The molecule has 1 unspecified atom stereocenters. The van der Waals surface area contributed by atoms with E-state index < -0.39 is 5.82 Å². The van der Waals surface area contributed by atoms with Gasteiger partial charge in [-0.2, -0.15) is 5.26 Å². The van der Waals surface area contributed by atoms with Crippen LogP contribution in [0.5, 0.6) is 5.75 Å². The fourth-order valence-electron chi connectivity index (χ4n) is 3.76. The molecule has 2 heterocycles. The van der Waals surface area contributed by atoms with Crippen LogP contribution in [0.3, 0.4) is 0 Å². The maximum absolute atomic E-state index is 14.0. The molecule has 29 heavy (non-hydrogen) atoms. The second-order valence-electron chi connectivity index (χ2n) is 7.28. The Morgan fingerprint density at radius 3 is 2.79 bits per heavy atom. The third kappa shape index (κ3) is 4.33. The van der Waals surface area contributed by atoms with Crippen molar-refractivity contribution in [3.8, 4) is 11.8 Å². The molecular formula is C22H22FN3O3. The Balaban J connectivity index is 1.31. The molecule has 150 valence electrons. The first-order valence-corrected chi connectivity index (χ1v) is 9.71. The summed E-state index contributed by atoms with van der Waals surface area (Å²) in [5, 5.41) is 11.9. The highest BCUT2D eigenvalue weighted by atomic mass is 19.1. The Bertz CT molecular complexity index is 935. The number of likely N-dealkylation sites (tertiary alicyclic amines) is 1. The predicted molar refractivity (Wildman–Crippen MR) is 104 cm³/mol. The Kier molecular flexibility index (Phi) is 5.63. The highest BCUT2D eigenvalue weighted by Crippen LogP contribution is 2.26. The van der Waals surface area contributed by atoms with E-state index in [2.05, 4.69) is 5.32 Å². The Labute approximate surface area is 168 Å².